The van der Waals surface area contributed by atoms with Crippen LogP contribution in [0.5, 0.6) is 5.75 Å². The van der Waals surface area contributed by atoms with Gasteiger partial charge in [0.15, 0.2) is 0 Å². The zero-order valence-corrected chi connectivity index (χ0v) is 9.69. The molecule has 2 aromatic rings. The second kappa shape index (κ2) is 3.87. The van der Waals surface area contributed by atoms with Crippen LogP contribution < -0.4 is 4.74 Å². The first-order valence-electron chi connectivity index (χ1n) is 5.07. The molecule has 1 N–H and O–H groups in total. The maximum absolute atomic E-state index is 10.00. The van der Waals surface area contributed by atoms with Crippen LogP contribution in [-0.4, -0.2) is 17.0 Å². The predicted octanol–water partition coefficient (Wildman–Crippen LogP) is 2.79. The number of nitrogens with zero attached hydrogens (tertiary/aromatic N) is 2. The molecule has 4 heteroatoms. The Morgan fingerprint density at radius 1 is 1.53 bits per heavy atom. The van der Waals surface area contributed by atoms with Crippen molar-refractivity contribution in [1.82, 2.24) is 4.73 Å². The number of hydrogen-bond donors (Lipinski definition) is 1. The van der Waals surface area contributed by atoms with Crippen molar-refractivity contribution >= 4 is 16.5 Å². The highest BCUT2D eigenvalue weighted by Crippen LogP contribution is 2.31. The average molecular weight is 228 g/mol. The Labute approximate surface area is 98.9 Å². The molecule has 0 spiro atoms. The summed E-state index contributed by atoms with van der Waals surface area (Å²) in [5.41, 5.74) is 2.06. The molecule has 86 valence electrons. The number of fused-ring (bicyclic) bond motifs is 1. The molecule has 0 unspecified atom stereocenters. The fraction of sp³-hybridized carbons (Fsp3) is 0.154. The van der Waals surface area contributed by atoms with Gasteiger partial charge in [0.2, 0.25) is 0 Å². The van der Waals surface area contributed by atoms with Crippen molar-refractivity contribution in [3.63, 3.8) is 0 Å². The van der Waals surface area contributed by atoms with Crippen LogP contribution >= 0.6 is 0 Å². The van der Waals surface area contributed by atoms with Crippen LogP contribution in [0.25, 0.3) is 16.5 Å². The van der Waals surface area contributed by atoms with Gasteiger partial charge < -0.3 is 9.94 Å². The van der Waals surface area contributed by atoms with Crippen molar-refractivity contribution in [3.8, 4) is 11.8 Å². The Morgan fingerprint density at radius 3 is 2.76 bits per heavy atom. The minimum absolute atomic E-state index is 0.411. The van der Waals surface area contributed by atoms with E-state index in [1.807, 2.05) is 0 Å². The molecule has 1 heterocycles. The number of methoxy groups -OCH3 is 1. The van der Waals surface area contributed by atoms with E-state index in [1.54, 1.807) is 32.2 Å². The molecule has 0 saturated carbocycles. The van der Waals surface area contributed by atoms with Crippen molar-refractivity contribution in [2.24, 2.45) is 0 Å². The van der Waals surface area contributed by atoms with Crippen LogP contribution in [0.1, 0.15) is 18.2 Å². The topological polar surface area (TPSA) is 58.2 Å². The maximum atomic E-state index is 10.00. The third-order valence-corrected chi connectivity index (χ3v) is 2.67. The summed E-state index contributed by atoms with van der Waals surface area (Å²) in [7, 11) is 1.56. The summed E-state index contributed by atoms with van der Waals surface area (Å²) in [6.07, 6.45) is 0. The van der Waals surface area contributed by atoms with Gasteiger partial charge in [0, 0.05) is 5.39 Å². The van der Waals surface area contributed by atoms with Gasteiger partial charge in [0.25, 0.3) is 0 Å². The maximum Gasteiger partial charge on any atom is 0.119 e. The molecule has 0 amide bonds. The molecule has 4 nitrogen and oxygen atoms in total. The van der Waals surface area contributed by atoms with Gasteiger partial charge in [-0.25, -0.2) is 0 Å². The van der Waals surface area contributed by atoms with E-state index in [2.05, 4.69) is 12.6 Å². The summed E-state index contributed by atoms with van der Waals surface area (Å²) >= 11 is 0. The van der Waals surface area contributed by atoms with Crippen LogP contribution in [0.3, 0.4) is 0 Å². The van der Waals surface area contributed by atoms with E-state index >= 15 is 0 Å². The number of hydrogen-bond acceptors (Lipinski definition) is 3. The quantitative estimate of drug-likeness (QED) is 0.804. The Kier molecular flexibility index (Phi) is 2.52. The molecule has 0 saturated heterocycles. The van der Waals surface area contributed by atoms with Gasteiger partial charge in [0.1, 0.15) is 17.5 Å². The number of allylic oxidation sites excluding steroid dienone is 1. The second-order valence-electron chi connectivity index (χ2n) is 3.81. The van der Waals surface area contributed by atoms with Gasteiger partial charge >= 0.3 is 0 Å². The molecule has 2 rings (SSSR count). The molecule has 17 heavy (non-hydrogen) atoms. The van der Waals surface area contributed by atoms with Crippen molar-refractivity contribution in [2.45, 2.75) is 6.92 Å². The fourth-order valence-corrected chi connectivity index (χ4v) is 1.89. The van der Waals surface area contributed by atoms with Crippen molar-refractivity contribution in [3.05, 3.63) is 36.0 Å². The normalized spacial score (nSPS) is 10.2. The van der Waals surface area contributed by atoms with Crippen molar-refractivity contribution in [2.75, 3.05) is 7.11 Å². The number of benzene rings is 1. The standard InChI is InChI=1S/C13H12N2O2/c1-8(2)13-11(7-14)10-6-9(17-3)4-5-12(10)15(13)16/h4-6,16H,1H2,2-3H3. The Morgan fingerprint density at radius 2 is 2.24 bits per heavy atom. The summed E-state index contributed by atoms with van der Waals surface area (Å²) in [4.78, 5) is 0. The molecule has 0 aliphatic rings. The SMILES string of the molecule is C=C(C)c1c(C#N)c2cc(OC)ccc2n1O. The Balaban J connectivity index is 2.90. The highest BCUT2D eigenvalue weighted by atomic mass is 16.5. The molecular formula is C13H12N2O2. The summed E-state index contributed by atoms with van der Waals surface area (Å²) in [6.45, 7) is 5.52. The molecule has 0 aliphatic carbocycles. The van der Waals surface area contributed by atoms with Crippen molar-refractivity contribution in [1.29, 1.82) is 5.26 Å². The van der Waals surface area contributed by atoms with E-state index in [0.29, 0.717) is 33.5 Å². The molecule has 0 atom stereocenters. The lowest BCUT2D eigenvalue weighted by atomic mass is 10.1. The molecule has 1 aromatic carbocycles. The molecule has 0 bridgehead atoms. The van der Waals surface area contributed by atoms with E-state index in [4.69, 9.17) is 4.74 Å². The molecular weight excluding hydrogens is 216 g/mol. The number of nitriles is 1. The smallest absolute Gasteiger partial charge is 0.119 e. The Hall–Kier alpha value is -2.41. The van der Waals surface area contributed by atoms with Crippen LogP contribution in [0, 0.1) is 11.3 Å². The van der Waals surface area contributed by atoms with E-state index in [1.165, 1.54) is 0 Å². The molecule has 1 aromatic heterocycles. The van der Waals surface area contributed by atoms with E-state index in [-0.39, 0.29) is 0 Å². The van der Waals surface area contributed by atoms with Gasteiger partial charge in [0.05, 0.1) is 18.2 Å². The minimum Gasteiger partial charge on any atom is -0.497 e. The van der Waals surface area contributed by atoms with E-state index in [9.17, 15) is 10.5 Å². The molecule has 0 radical (unpaired) electrons. The van der Waals surface area contributed by atoms with E-state index < -0.39 is 0 Å². The largest absolute Gasteiger partial charge is 0.497 e. The summed E-state index contributed by atoms with van der Waals surface area (Å²) in [5.74, 6) is 0.646. The predicted molar refractivity (Wildman–Crippen MR) is 65.1 cm³/mol. The minimum atomic E-state index is 0.411. The van der Waals surface area contributed by atoms with Gasteiger partial charge in [-0.15, -0.1) is 0 Å². The third-order valence-electron chi connectivity index (χ3n) is 2.67. The van der Waals surface area contributed by atoms with E-state index in [0.717, 1.165) is 4.73 Å². The number of aromatic nitrogens is 1. The first kappa shape index (κ1) is 11.1. The van der Waals surface area contributed by atoms with Gasteiger partial charge in [-0.05, 0) is 30.7 Å². The van der Waals surface area contributed by atoms with Crippen molar-refractivity contribution < 1.29 is 9.94 Å². The van der Waals surface area contributed by atoms with Gasteiger partial charge in [-0.2, -0.15) is 9.99 Å². The number of rotatable bonds is 2. The van der Waals surface area contributed by atoms with Crippen LogP contribution in [0.2, 0.25) is 0 Å². The first-order chi connectivity index (χ1) is 8.10. The lowest BCUT2D eigenvalue weighted by molar-refractivity contribution is 0.197. The highest BCUT2D eigenvalue weighted by molar-refractivity contribution is 5.92. The fourth-order valence-electron chi connectivity index (χ4n) is 1.89. The van der Waals surface area contributed by atoms with Gasteiger partial charge in [-0.1, -0.05) is 6.58 Å². The van der Waals surface area contributed by atoms with Crippen LogP contribution in [-0.2, 0) is 0 Å². The third kappa shape index (κ3) is 1.53. The highest BCUT2D eigenvalue weighted by Gasteiger charge is 2.17. The summed E-state index contributed by atoms with van der Waals surface area (Å²) < 4.78 is 6.10. The second-order valence-corrected chi connectivity index (χ2v) is 3.81. The van der Waals surface area contributed by atoms with Gasteiger partial charge in [-0.3, -0.25) is 0 Å². The Bertz CT molecular complexity index is 647. The zero-order valence-electron chi connectivity index (χ0n) is 9.69. The first-order valence-corrected chi connectivity index (χ1v) is 5.07. The summed E-state index contributed by atoms with van der Waals surface area (Å²) in [5, 5.41) is 19.8. The molecule has 0 aliphatic heterocycles. The number of ether oxygens (including phenoxy) is 1. The summed E-state index contributed by atoms with van der Waals surface area (Å²) in [6, 6.07) is 7.27. The lowest BCUT2D eigenvalue weighted by Gasteiger charge is -2.01. The average Bonchev–Trinajstić information content (AvgIpc) is 2.61. The van der Waals surface area contributed by atoms with Crippen LogP contribution in [0.4, 0.5) is 0 Å². The zero-order chi connectivity index (χ0) is 12.6. The van der Waals surface area contributed by atoms with Crippen LogP contribution in [0.15, 0.2) is 24.8 Å². The molecule has 0 fully saturated rings. The lowest BCUT2D eigenvalue weighted by Crippen LogP contribution is -1.95. The monoisotopic (exact) mass is 228 g/mol.